The van der Waals surface area contributed by atoms with Gasteiger partial charge in [-0.05, 0) is 19.9 Å². The fourth-order valence-electron chi connectivity index (χ4n) is 1.93. The summed E-state index contributed by atoms with van der Waals surface area (Å²) in [5.74, 6) is -0.228. The molecule has 6 nitrogen and oxygen atoms in total. The molecule has 0 aliphatic heterocycles. The van der Waals surface area contributed by atoms with Crippen LogP contribution in [-0.4, -0.2) is 20.7 Å². The SMILES string of the molecule is Cc1nn(C)c(C)c1CNC(=O)c1cnccc1N. The van der Waals surface area contributed by atoms with E-state index in [0.717, 1.165) is 17.0 Å². The molecule has 0 atom stereocenters. The first-order chi connectivity index (χ1) is 9.00. The van der Waals surface area contributed by atoms with Crippen LogP contribution in [0.2, 0.25) is 0 Å². The highest BCUT2D eigenvalue weighted by molar-refractivity contribution is 5.98. The molecule has 0 unspecified atom stereocenters. The number of hydrogen-bond donors (Lipinski definition) is 2. The number of amides is 1. The van der Waals surface area contributed by atoms with Crippen LogP contribution in [0.3, 0.4) is 0 Å². The number of anilines is 1. The van der Waals surface area contributed by atoms with Gasteiger partial charge in [-0.15, -0.1) is 0 Å². The maximum atomic E-state index is 12.0. The molecule has 0 saturated heterocycles. The van der Waals surface area contributed by atoms with E-state index in [2.05, 4.69) is 15.4 Å². The summed E-state index contributed by atoms with van der Waals surface area (Å²) in [5.41, 5.74) is 9.53. The molecule has 100 valence electrons. The van der Waals surface area contributed by atoms with Gasteiger partial charge in [-0.1, -0.05) is 0 Å². The van der Waals surface area contributed by atoms with Crippen LogP contribution in [0.25, 0.3) is 0 Å². The molecule has 2 aromatic rings. The molecule has 0 aromatic carbocycles. The highest BCUT2D eigenvalue weighted by Crippen LogP contribution is 2.13. The number of pyridine rings is 1. The van der Waals surface area contributed by atoms with Gasteiger partial charge in [-0.25, -0.2) is 0 Å². The van der Waals surface area contributed by atoms with Crippen LogP contribution in [0.4, 0.5) is 5.69 Å². The van der Waals surface area contributed by atoms with Crippen LogP contribution >= 0.6 is 0 Å². The first kappa shape index (κ1) is 13.1. The summed E-state index contributed by atoms with van der Waals surface area (Å²) < 4.78 is 1.80. The highest BCUT2D eigenvalue weighted by atomic mass is 16.1. The summed E-state index contributed by atoms with van der Waals surface area (Å²) in [5, 5.41) is 7.15. The number of nitrogen functional groups attached to an aromatic ring is 1. The third-order valence-corrected chi connectivity index (χ3v) is 3.18. The van der Waals surface area contributed by atoms with Crippen molar-refractivity contribution in [2.45, 2.75) is 20.4 Å². The lowest BCUT2D eigenvalue weighted by molar-refractivity contribution is 0.0951. The van der Waals surface area contributed by atoms with Crippen molar-refractivity contribution >= 4 is 11.6 Å². The molecular weight excluding hydrogens is 242 g/mol. The number of rotatable bonds is 3. The van der Waals surface area contributed by atoms with Gasteiger partial charge in [0.1, 0.15) is 0 Å². The van der Waals surface area contributed by atoms with E-state index in [9.17, 15) is 4.79 Å². The Balaban J connectivity index is 2.11. The summed E-state index contributed by atoms with van der Waals surface area (Å²) >= 11 is 0. The molecule has 0 fully saturated rings. The Hall–Kier alpha value is -2.37. The molecule has 0 aliphatic carbocycles. The summed E-state index contributed by atoms with van der Waals surface area (Å²) in [6, 6.07) is 1.61. The van der Waals surface area contributed by atoms with Gasteiger partial charge in [-0.2, -0.15) is 5.10 Å². The molecule has 0 aliphatic rings. The Kier molecular flexibility index (Phi) is 3.50. The minimum Gasteiger partial charge on any atom is -0.398 e. The number of nitrogens with one attached hydrogen (secondary N) is 1. The van der Waals surface area contributed by atoms with Crippen molar-refractivity contribution in [2.75, 3.05) is 5.73 Å². The lowest BCUT2D eigenvalue weighted by Crippen LogP contribution is -2.24. The van der Waals surface area contributed by atoms with Crippen molar-refractivity contribution in [3.05, 3.63) is 41.0 Å². The van der Waals surface area contributed by atoms with Gasteiger partial charge in [0, 0.05) is 42.9 Å². The average Bonchev–Trinajstić information content (AvgIpc) is 2.61. The molecule has 19 heavy (non-hydrogen) atoms. The predicted octanol–water partition coefficient (Wildman–Crippen LogP) is 0.944. The van der Waals surface area contributed by atoms with Gasteiger partial charge in [-0.3, -0.25) is 14.5 Å². The van der Waals surface area contributed by atoms with Gasteiger partial charge >= 0.3 is 0 Å². The molecule has 1 amide bonds. The largest absolute Gasteiger partial charge is 0.398 e. The molecule has 0 saturated carbocycles. The smallest absolute Gasteiger partial charge is 0.255 e. The Bertz CT molecular complexity index is 617. The first-order valence-corrected chi connectivity index (χ1v) is 5.97. The lowest BCUT2D eigenvalue weighted by atomic mass is 10.2. The van der Waals surface area contributed by atoms with Crippen LogP contribution in [0.1, 0.15) is 27.3 Å². The molecule has 2 rings (SSSR count). The Morgan fingerprint density at radius 3 is 2.79 bits per heavy atom. The summed E-state index contributed by atoms with van der Waals surface area (Å²) in [6.07, 6.45) is 3.02. The van der Waals surface area contributed by atoms with Crippen LogP contribution in [0, 0.1) is 13.8 Å². The number of nitrogens with two attached hydrogens (primary N) is 1. The van der Waals surface area contributed by atoms with Crippen LogP contribution < -0.4 is 11.1 Å². The maximum absolute atomic E-state index is 12.0. The second kappa shape index (κ2) is 5.09. The lowest BCUT2D eigenvalue weighted by Gasteiger charge is -2.07. The van der Waals surface area contributed by atoms with Gasteiger partial charge in [0.2, 0.25) is 0 Å². The van der Waals surface area contributed by atoms with E-state index in [1.165, 1.54) is 6.20 Å². The Morgan fingerprint density at radius 1 is 1.47 bits per heavy atom. The normalized spacial score (nSPS) is 10.5. The number of carbonyl (C=O) groups is 1. The van der Waals surface area contributed by atoms with Gasteiger partial charge in [0.25, 0.3) is 5.91 Å². The van der Waals surface area contributed by atoms with Crippen LogP contribution in [0.15, 0.2) is 18.5 Å². The van der Waals surface area contributed by atoms with Gasteiger partial charge in [0.05, 0.1) is 11.3 Å². The monoisotopic (exact) mass is 259 g/mol. The Labute approximate surface area is 111 Å². The predicted molar refractivity (Wildman–Crippen MR) is 72.5 cm³/mol. The van der Waals surface area contributed by atoms with Gasteiger partial charge < -0.3 is 11.1 Å². The van der Waals surface area contributed by atoms with E-state index >= 15 is 0 Å². The van der Waals surface area contributed by atoms with Gasteiger partial charge in [0.15, 0.2) is 0 Å². The maximum Gasteiger partial charge on any atom is 0.255 e. The Morgan fingerprint density at radius 2 is 2.21 bits per heavy atom. The van der Waals surface area contributed by atoms with Crippen molar-refractivity contribution in [2.24, 2.45) is 7.05 Å². The van der Waals surface area contributed by atoms with Crippen molar-refractivity contribution < 1.29 is 4.79 Å². The van der Waals surface area contributed by atoms with E-state index in [1.54, 1.807) is 16.9 Å². The quantitative estimate of drug-likeness (QED) is 0.859. The van der Waals surface area contributed by atoms with Crippen molar-refractivity contribution in [1.29, 1.82) is 0 Å². The zero-order valence-electron chi connectivity index (χ0n) is 11.3. The minimum absolute atomic E-state index is 0.228. The molecule has 6 heteroatoms. The second-order valence-corrected chi connectivity index (χ2v) is 4.42. The zero-order valence-corrected chi connectivity index (χ0v) is 11.3. The second-order valence-electron chi connectivity index (χ2n) is 4.42. The zero-order chi connectivity index (χ0) is 14.0. The summed E-state index contributed by atoms with van der Waals surface area (Å²) in [6.45, 7) is 4.32. The van der Waals surface area contributed by atoms with E-state index < -0.39 is 0 Å². The summed E-state index contributed by atoms with van der Waals surface area (Å²) in [7, 11) is 1.88. The molecule has 2 aromatic heterocycles. The third-order valence-electron chi connectivity index (χ3n) is 3.18. The fourth-order valence-corrected chi connectivity index (χ4v) is 1.93. The fraction of sp³-hybridized carbons (Fsp3) is 0.308. The number of aromatic nitrogens is 3. The molecule has 3 N–H and O–H groups in total. The molecule has 0 radical (unpaired) electrons. The van der Waals surface area contributed by atoms with Crippen molar-refractivity contribution in [3.8, 4) is 0 Å². The highest BCUT2D eigenvalue weighted by Gasteiger charge is 2.13. The number of aryl methyl sites for hydroxylation is 2. The number of hydrogen-bond acceptors (Lipinski definition) is 4. The molecule has 0 bridgehead atoms. The number of nitrogens with zero attached hydrogens (tertiary/aromatic N) is 3. The van der Waals surface area contributed by atoms with E-state index in [-0.39, 0.29) is 5.91 Å². The van der Waals surface area contributed by atoms with E-state index in [0.29, 0.717) is 17.8 Å². The average molecular weight is 259 g/mol. The standard InChI is InChI=1S/C13H17N5O/c1-8-10(9(2)18(3)17-8)7-16-13(19)11-6-15-5-4-12(11)14/h4-6H,7H2,1-3H3,(H2,14,15)(H,16,19). The number of carbonyl (C=O) groups excluding carboxylic acids is 1. The van der Waals surface area contributed by atoms with E-state index in [4.69, 9.17) is 5.73 Å². The molecule has 0 spiro atoms. The topological polar surface area (TPSA) is 85.8 Å². The molecule has 2 heterocycles. The van der Waals surface area contributed by atoms with Crippen LogP contribution in [-0.2, 0) is 13.6 Å². The van der Waals surface area contributed by atoms with Crippen LogP contribution in [0.5, 0.6) is 0 Å². The molecular formula is C13H17N5O. The first-order valence-electron chi connectivity index (χ1n) is 5.97. The third kappa shape index (κ3) is 2.57. The summed E-state index contributed by atoms with van der Waals surface area (Å²) in [4.78, 5) is 15.9. The minimum atomic E-state index is -0.228. The van der Waals surface area contributed by atoms with Crippen molar-refractivity contribution in [3.63, 3.8) is 0 Å². The van der Waals surface area contributed by atoms with E-state index in [1.807, 2.05) is 20.9 Å². The van der Waals surface area contributed by atoms with Crippen molar-refractivity contribution in [1.82, 2.24) is 20.1 Å².